The monoisotopic (exact) mass is 324 g/mol. The fourth-order valence-corrected chi connectivity index (χ4v) is 3.47. The second-order valence-corrected chi connectivity index (χ2v) is 6.36. The van der Waals surface area contributed by atoms with Crippen LogP contribution < -0.4 is 4.90 Å². The Balaban J connectivity index is 1.75. The van der Waals surface area contributed by atoms with Crippen LogP contribution in [0.25, 0.3) is 10.9 Å². The number of pyridine rings is 1. The van der Waals surface area contributed by atoms with E-state index >= 15 is 0 Å². The number of aromatic hydroxyl groups is 1. The van der Waals surface area contributed by atoms with Gasteiger partial charge in [-0.25, -0.2) is 4.98 Å². The Bertz CT molecular complexity index is 878. The van der Waals surface area contributed by atoms with E-state index in [0.29, 0.717) is 5.02 Å². The lowest BCUT2D eigenvalue weighted by Crippen LogP contribution is -2.23. The molecule has 23 heavy (non-hydrogen) atoms. The number of aryl methyl sites for hydroxylation is 1. The van der Waals surface area contributed by atoms with Crippen molar-refractivity contribution in [1.82, 2.24) is 4.98 Å². The highest BCUT2D eigenvalue weighted by Gasteiger charge is 2.17. The molecule has 3 nitrogen and oxygen atoms in total. The first-order valence-corrected chi connectivity index (χ1v) is 8.19. The predicted molar refractivity (Wildman–Crippen MR) is 94.2 cm³/mol. The Morgan fingerprint density at radius 3 is 2.74 bits per heavy atom. The second kappa shape index (κ2) is 5.74. The minimum Gasteiger partial charge on any atom is -0.508 e. The zero-order valence-electron chi connectivity index (χ0n) is 12.7. The van der Waals surface area contributed by atoms with E-state index in [1.54, 1.807) is 12.1 Å². The summed E-state index contributed by atoms with van der Waals surface area (Å²) in [6, 6.07) is 15.6. The molecule has 4 rings (SSSR count). The zero-order valence-corrected chi connectivity index (χ0v) is 13.4. The van der Waals surface area contributed by atoms with Gasteiger partial charge in [-0.15, -0.1) is 0 Å². The molecule has 0 aliphatic carbocycles. The maximum Gasteiger partial charge on any atom is 0.131 e. The topological polar surface area (TPSA) is 36.4 Å². The van der Waals surface area contributed by atoms with Gasteiger partial charge < -0.3 is 10.0 Å². The van der Waals surface area contributed by atoms with Gasteiger partial charge >= 0.3 is 0 Å². The van der Waals surface area contributed by atoms with Crippen LogP contribution in [0.3, 0.4) is 0 Å². The van der Waals surface area contributed by atoms with Crippen LogP contribution in [0, 0.1) is 0 Å². The number of anilines is 1. The molecule has 1 N–H and O–H groups in total. The average molecular weight is 325 g/mol. The van der Waals surface area contributed by atoms with Crippen LogP contribution in [-0.4, -0.2) is 16.6 Å². The van der Waals surface area contributed by atoms with E-state index in [9.17, 15) is 5.11 Å². The molecule has 3 aromatic rings. The number of phenolic OH excluding ortho intramolecular Hbond substituents is 1. The largest absolute Gasteiger partial charge is 0.508 e. The number of aromatic nitrogens is 1. The maximum absolute atomic E-state index is 9.62. The molecule has 0 unspecified atom stereocenters. The van der Waals surface area contributed by atoms with E-state index in [1.165, 1.54) is 11.1 Å². The molecule has 1 aliphatic heterocycles. The molecule has 0 atom stereocenters. The molecule has 0 saturated carbocycles. The molecule has 2 aromatic carbocycles. The fraction of sp³-hybridized carbons (Fsp3) is 0.211. The van der Waals surface area contributed by atoms with Crippen molar-refractivity contribution in [2.24, 2.45) is 0 Å². The molecule has 116 valence electrons. The average Bonchev–Trinajstić information content (AvgIpc) is 2.77. The summed E-state index contributed by atoms with van der Waals surface area (Å²) in [6.45, 7) is 1.81. The highest BCUT2D eigenvalue weighted by atomic mass is 35.5. The number of rotatable bonds is 1. The second-order valence-electron chi connectivity index (χ2n) is 5.96. The first-order chi connectivity index (χ1) is 11.2. The standard InChI is InChI=1S/C19H17ClN2O/c20-17-11-19(21-18-8-7-15(23)10-16(17)18)22-9-3-6-13-4-1-2-5-14(13)12-22/h1-2,4-5,7-8,10-11,23H,3,6,9,12H2. The van der Waals surface area contributed by atoms with E-state index < -0.39 is 0 Å². The quantitative estimate of drug-likeness (QED) is 0.713. The van der Waals surface area contributed by atoms with Crippen molar-refractivity contribution in [2.45, 2.75) is 19.4 Å². The number of nitrogens with zero attached hydrogens (tertiary/aromatic N) is 2. The van der Waals surface area contributed by atoms with Crippen LogP contribution in [0.2, 0.25) is 5.02 Å². The minimum atomic E-state index is 0.206. The Kier molecular flexibility index (Phi) is 3.58. The van der Waals surface area contributed by atoms with Gasteiger partial charge in [-0.3, -0.25) is 0 Å². The summed E-state index contributed by atoms with van der Waals surface area (Å²) in [7, 11) is 0. The number of hydrogen-bond acceptors (Lipinski definition) is 3. The predicted octanol–water partition coefficient (Wildman–Crippen LogP) is 4.55. The van der Waals surface area contributed by atoms with Crippen LogP contribution in [-0.2, 0) is 13.0 Å². The minimum absolute atomic E-state index is 0.206. The molecule has 0 bridgehead atoms. The van der Waals surface area contributed by atoms with E-state index in [2.05, 4.69) is 29.2 Å². The lowest BCUT2D eigenvalue weighted by molar-refractivity contribution is 0.476. The molecule has 1 aromatic heterocycles. The molecule has 0 saturated heterocycles. The third-order valence-electron chi connectivity index (χ3n) is 4.41. The van der Waals surface area contributed by atoms with E-state index in [0.717, 1.165) is 42.7 Å². The summed E-state index contributed by atoms with van der Waals surface area (Å²) in [6.07, 6.45) is 2.20. The molecule has 2 heterocycles. The number of halogens is 1. The van der Waals surface area contributed by atoms with Crippen molar-refractivity contribution < 1.29 is 5.11 Å². The molecule has 1 aliphatic rings. The highest BCUT2D eigenvalue weighted by Crippen LogP contribution is 2.31. The Morgan fingerprint density at radius 1 is 1.04 bits per heavy atom. The number of hydrogen-bond donors (Lipinski definition) is 1. The summed E-state index contributed by atoms with van der Waals surface area (Å²) in [4.78, 5) is 7.03. The molecule has 0 fully saturated rings. The Labute approximate surface area is 140 Å². The van der Waals surface area contributed by atoms with E-state index in [1.807, 2.05) is 12.1 Å². The normalized spacial score (nSPS) is 14.6. The van der Waals surface area contributed by atoms with Gasteiger partial charge in [0.25, 0.3) is 0 Å². The van der Waals surface area contributed by atoms with Gasteiger partial charge in [0.1, 0.15) is 11.6 Å². The van der Waals surface area contributed by atoms with E-state index in [-0.39, 0.29) is 5.75 Å². The van der Waals surface area contributed by atoms with Crippen LogP contribution in [0.4, 0.5) is 5.82 Å². The van der Waals surface area contributed by atoms with Crippen molar-refractivity contribution in [2.75, 3.05) is 11.4 Å². The molecule has 0 radical (unpaired) electrons. The highest BCUT2D eigenvalue weighted by molar-refractivity contribution is 6.35. The van der Waals surface area contributed by atoms with E-state index in [4.69, 9.17) is 16.6 Å². The summed E-state index contributed by atoms with van der Waals surface area (Å²) in [5.74, 6) is 1.10. The van der Waals surface area contributed by atoms with Gasteiger partial charge in [-0.2, -0.15) is 0 Å². The van der Waals surface area contributed by atoms with Crippen molar-refractivity contribution in [3.05, 3.63) is 64.7 Å². The number of benzene rings is 2. The zero-order chi connectivity index (χ0) is 15.8. The molecule has 0 amide bonds. The smallest absolute Gasteiger partial charge is 0.131 e. The molecular formula is C19H17ClN2O. The lowest BCUT2D eigenvalue weighted by atomic mass is 10.0. The van der Waals surface area contributed by atoms with Crippen LogP contribution in [0.15, 0.2) is 48.5 Å². The Hall–Kier alpha value is -2.26. The lowest BCUT2D eigenvalue weighted by Gasteiger charge is -2.22. The summed E-state index contributed by atoms with van der Waals surface area (Å²) >= 11 is 6.42. The number of phenols is 1. The number of fused-ring (bicyclic) bond motifs is 2. The van der Waals surface area contributed by atoms with Crippen molar-refractivity contribution >= 4 is 28.3 Å². The van der Waals surface area contributed by atoms with Crippen LogP contribution in [0.5, 0.6) is 5.75 Å². The first-order valence-electron chi connectivity index (χ1n) is 7.82. The summed E-state index contributed by atoms with van der Waals surface area (Å²) < 4.78 is 0. The Morgan fingerprint density at radius 2 is 1.87 bits per heavy atom. The van der Waals surface area contributed by atoms with Gasteiger partial charge in [-0.1, -0.05) is 35.9 Å². The third-order valence-corrected chi connectivity index (χ3v) is 4.72. The van der Waals surface area contributed by atoms with Crippen LogP contribution >= 0.6 is 11.6 Å². The van der Waals surface area contributed by atoms with Crippen molar-refractivity contribution in [3.8, 4) is 5.75 Å². The van der Waals surface area contributed by atoms with Crippen molar-refractivity contribution in [1.29, 1.82) is 0 Å². The van der Waals surface area contributed by atoms with Gasteiger partial charge in [0.15, 0.2) is 0 Å². The van der Waals surface area contributed by atoms with Gasteiger partial charge in [-0.05, 0) is 48.2 Å². The maximum atomic E-state index is 9.62. The summed E-state index contributed by atoms with van der Waals surface area (Å²) in [5.41, 5.74) is 3.59. The first kappa shape index (κ1) is 14.3. The third kappa shape index (κ3) is 2.73. The van der Waals surface area contributed by atoms with Gasteiger partial charge in [0.05, 0.1) is 10.5 Å². The molecular weight excluding hydrogens is 308 g/mol. The molecule has 0 spiro atoms. The van der Waals surface area contributed by atoms with Gasteiger partial charge in [0, 0.05) is 18.5 Å². The fourth-order valence-electron chi connectivity index (χ4n) is 3.22. The van der Waals surface area contributed by atoms with Crippen molar-refractivity contribution in [3.63, 3.8) is 0 Å². The van der Waals surface area contributed by atoms with Crippen LogP contribution in [0.1, 0.15) is 17.5 Å². The summed E-state index contributed by atoms with van der Waals surface area (Å²) in [5, 5.41) is 11.0. The van der Waals surface area contributed by atoms with Gasteiger partial charge in [0.2, 0.25) is 0 Å². The SMILES string of the molecule is Oc1ccc2nc(N3CCCc4ccccc4C3)cc(Cl)c2c1. The molecule has 4 heteroatoms.